The molecule has 0 atom stereocenters. The van der Waals surface area contributed by atoms with E-state index in [0.717, 1.165) is 0 Å². The average Bonchev–Trinajstić information content (AvgIpc) is 1.90. The molecule has 0 saturated carbocycles. The van der Waals surface area contributed by atoms with E-state index in [1.807, 2.05) is 20.8 Å². The van der Waals surface area contributed by atoms with Gasteiger partial charge in [0.1, 0.15) is 0 Å². The first-order chi connectivity index (χ1) is 4.85. The van der Waals surface area contributed by atoms with Gasteiger partial charge in [-0.2, -0.15) is 0 Å². The molecule has 0 bridgehead atoms. The molecule has 0 radical (unpaired) electrons. The minimum Gasteiger partial charge on any atom is -0.313 e. The molecule has 0 spiro atoms. The maximum absolute atomic E-state index is 5.14. The first-order valence-corrected chi connectivity index (χ1v) is 4.63. The van der Waals surface area contributed by atoms with Crippen LogP contribution in [-0.4, -0.2) is 19.8 Å². The third kappa shape index (κ3) is 9.48. The fourth-order valence-electron chi connectivity index (χ4n) is 0.428. The van der Waals surface area contributed by atoms with Crippen molar-refractivity contribution >= 4 is 8.60 Å². The Morgan fingerprint density at radius 1 is 0.818 bits per heavy atom. The van der Waals surface area contributed by atoms with Crippen LogP contribution in [0.3, 0.4) is 0 Å². The normalized spacial score (nSPS) is 9.82. The smallest absolute Gasteiger partial charge is 0.313 e. The van der Waals surface area contributed by atoms with Gasteiger partial charge in [-0.15, -0.1) is 0 Å². The Hall–Kier alpha value is 1.57. The summed E-state index contributed by atoms with van der Waals surface area (Å²) in [5.41, 5.74) is 0. The van der Waals surface area contributed by atoms with E-state index in [0.29, 0.717) is 19.8 Å². The van der Waals surface area contributed by atoms with Crippen molar-refractivity contribution in [2.75, 3.05) is 19.8 Å². The zero-order valence-corrected chi connectivity index (χ0v) is 8.75. The third-order valence-corrected chi connectivity index (χ3v) is 2.11. The predicted octanol–water partition coefficient (Wildman–Crippen LogP) is 2.32. The van der Waals surface area contributed by atoms with Gasteiger partial charge in [0.05, 0.1) is 19.8 Å². The quantitative estimate of drug-likeness (QED) is 0.624. The van der Waals surface area contributed by atoms with Gasteiger partial charge in [0.15, 0.2) is 0 Å². The molecule has 0 heterocycles. The standard InChI is InChI=1S/C6H15O3P.Ar/c1-4-7-10(8-5-2)9-6-3;/h4-6H2,1-3H3;. The molecule has 0 unspecified atom stereocenters. The predicted molar refractivity (Wildman–Crippen MR) is 41.8 cm³/mol. The van der Waals surface area contributed by atoms with E-state index in [1.54, 1.807) is 0 Å². The SMILES string of the molecule is CCOP(OCC)OCC.[Ar]. The van der Waals surface area contributed by atoms with Crippen LogP contribution in [-0.2, 0) is 13.6 Å². The Labute approximate surface area is 99.8 Å². The van der Waals surface area contributed by atoms with Gasteiger partial charge in [0, 0.05) is 37.7 Å². The van der Waals surface area contributed by atoms with Crippen LogP contribution in [0.4, 0.5) is 0 Å². The minimum atomic E-state index is -1.06. The molecule has 0 amide bonds. The van der Waals surface area contributed by atoms with Crippen LogP contribution < -0.4 is 0 Å². The van der Waals surface area contributed by atoms with E-state index in [4.69, 9.17) is 13.6 Å². The van der Waals surface area contributed by atoms with Crippen molar-refractivity contribution in [2.24, 2.45) is 0 Å². The molecule has 0 N–H and O–H groups in total. The summed E-state index contributed by atoms with van der Waals surface area (Å²) in [5, 5.41) is 0. The maximum atomic E-state index is 5.14. The van der Waals surface area contributed by atoms with Gasteiger partial charge in [-0.05, 0) is 20.8 Å². The van der Waals surface area contributed by atoms with Crippen LogP contribution in [0, 0.1) is 37.7 Å². The summed E-state index contributed by atoms with van der Waals surface area (Å²) in [5.74, 6) is 0. The molecule has 70 valence electrons. The Morgan fingerprint density at radius 3 is 1.27 bits per heavy atom. The molecule has 0 aliphatic carbocycles. The van der Waals surface area contributed by atoms with Crippen LogP contribution in [0.1, 0.15) is 20.8 Å². The summed E-state index contributed by atoms with van der Waals surface area (Å²) in [7, 11) is -1.06. The average molecular weight is 206 g/mol. The Kier molecular flexibility index (Phi) is 15.8. The van der Waals surface area contributed by atoms with Crippen molar-refractivity contribution in [1.82, 2.24) is 0 Å². The fraction of sp³-hybridized carbons (Fsp3) is 1.00. The van der Waals surface area contributed by atoms with E-state index < -0.39 is 8.60 Å². The van der Waals surface area contributed by atoms with E-state index >= 15 is 0 Å². The van der Waals surface area contributed by atoms with E-state index in [9.17, 15) is 0 Å². The van der Waals surface area contributed by atoms with Crippen LogP contribution in [0.15, 0.2) is 0 Å². The molecule has 5 heteroatoms. The van der Waals surface area contributed by atoms with Gasteiger partial charge >= 0.3 is 8.60 Å². The minimum absolute atomic E-state index is 0. The monoisotopic (exact) mass is 206 g/mol. The first kappa shape index (κ1) is 15.1. The summed E-state index contributed by atoms with van der Waals surface area (Å²) in [4.78, 5) is 0. The summed E-state index contributed by atoms with van der Waals surface area (Å²) >= 11 is 0. The molecule has 0 aromatic carbocycles. The Morgan fingerprint density at radius 2 is 1.09 bits per heavy atom. The van der Waals surface area contributed by atoms with Crippen molar-refractivity contribution in [3.63, 3.8) is 0 Å². The van der Waals surface area contributed by atoms with Gasteiger partial charge in [0.2, 0.25) is 0 Å². The topological polar surface area (TPSA) is 27.7 Å². The zero-order chi connectivity index (χ0) is 7.82. The van der Waals surface area contributed by atoms with E-state index in [2.05, 4.69) is 0 Å². The molecule has 0 rings (SSSR count). The molecule has 0 aromatic heterocycles. The van der Waals surface area contributed by atoms with Crippen molar-refractivity contribution in [3.05, 3.63) is 0 Å². The number of hydrogen-bond acceptors (Lipinski definition) is 3. The van der Waals surface area contributed by atoms with Gasteiger partial charge in [-0.1, -0.05) is 0 Å². The number of hydrogen-bond donors (Lipinski definition) is 0. The first-order valence-electron chi connectivity index (χ1n) is 3.54. The Bertz CT molecular complexity index is 60.6. The maximum Gasteiger partial charge on any atom is 0.332 e. The molecule has 3 nitrogen and oxygen atoms in total. The van der Waals surface area contributed by atoms with E-state index in [-0.39, 0.29) is 37.7 Å². The second-order valence-corrected chi connectivity index (χ2v) is 2.70. The van der Waals surface area contributed by atoms with Gasteiger partial charge in [-0.3, -0.25) is 0 Å². The van der Waals surface area contributed by atoms with Crippen LogP contribution in [0.2, 0.25) is 0 Å². The molecule has 11 heavy (non-hydrogen) atoms. The van der Waals surface area contributed by atoms with Gasteiger partial charge in [-0.25, -0.2) is 0 Å². The molecule has 0 aliphatic rings. The second kappa shape index (κ2) is 11.6. The van der Waals surface area contributed by atoms with Crippen LogP contribution in [0.25, 0.3) is 0 Å². The zero-order valence-electron chi connectivity index (χ0n) is 7.15. The number of rotatable bonds is 6. The molecular weight excluding hydrogens is 191 g/mol. The molecular formula is C6H15ArO3P. The summed E-state index contributed by atoms with van der Waals surface area (Å²) in [6.07, 6.45) is 0. The van der Waals surface area contributed by atoms with Crippen molar-refractivity contribution in [3.8, 4) is 0 Å². The van der Waals surface area contributed by atoms with E-state index in [1.165, 1.54) is 0 Å². The van der Waals surface area contributed by atoms with Gasteiger partial charge in [0.25, 0.3) is 0 Å². The van der Waals surface area contributed by atoms with Crippen molar-refractivity contribution in [2.45, 2.75) is 20.8 Å². The summed E-state index contributed by atoms with van der Waals surface area (Å²) in [6.45, 7) is 7.71. The largest absolute Gasteiger partial charge is 0.332 e. The Balaban J connectivity index is 0. The van der Waals surface area contributed by atoms with Gasteiger partial charge < -0.3 is 13.6 Å². The summed E-state index contributed by atoms with van der Waals surface area (Å²) < 4.78 is 15.4. The third-order valence-electron chi connectivity index (χ3n) is 0.704. The molecule has 0 saturated heterocycles. The summed E-state index contributed by atoms with van der Waals surface area (Å²) in [6, 6.07) is 0. The molecule has 0 aromatic rings. The molecule has 0 fully saturated rings. The van der Waals surface area contributed by atoms with Crippen molar-refractivity contribution < 1.29 is 51.3 Å². The van der Waals surface area contributed by atoms with Crippen LogP contribution >= 0.6 is 8.60 Å². The fourth-order valence-corrected chi connectivity index (χ4v) is 1.28. The van der Waals surface area contributed by atoms with Crippen LogP contribution in [0.5, 0.6) is 0 Å². The molecule has 0 aliphatic heterocycles. The second-order valence-electron chi connectivity index (χ2n) is 1.48. The van der Waals surface area contributed by atoms with Crippen molar-refractivity contribution in [1.29, 1.82) is 0 Å².